The number of hydrogen-bond donors (Lipinski definition) is 0. The number of hydrogen-bond acceptors (Lipinski definition) is 1. The van der Waals surface area contributed by atoms with E-state index in [4.69, 9.17) is 11.6 Å². The molecule has 21 heavy (non-hydrogen) atoms. The zero-order chi connectivity index (χ0) is 15.0. The molecule has 2 aromatic carbocycles. The highest BCUT2D eigenvalue weighted by Crippen LogP contribution is 2.26. The molecule has 3 aromatic rings. The lowest BCUT2D eigenvalue weighted by Crippen LogP contribution is -2.02. The van der Waals surface area contributed by atoms with E-state index >= 15 is 0 Å². The molecule has 0 saturated heterocycles. The average molecular weight is 372 g/mol. The Bertz CT molecular complexity index is 817. The molecule has 0 aliphatic rings. The summed E-state index contributed by atoms with van der Waals surface area (Å²) >= 11 is 8.99. The number of halogens is 4. The molecule has 0 unspecified atom stereocenters. The van der Waals surface area contributed by atoms with Crippen molar-refractivity contribution in [2.75, 3.05) is 5.88 Å². The van der Waals surface area contributed by atoms with Crippen LogP contribution >= 0.6 is 27.5 Å². The third kappa shape index (κ3) is 2.68. The van der Waals surface area contributed by atoms with Gasteiger partial charge in [0.2, 0.25) is 0 Å². The van der Waals surface area contributed by atoms with Gasteiger partial charge in [-0.15, -0.1) is 11.6 Å². The smallest absolute Gasteiger partial charge is 0.137 e. The van der Waals surface area contributed by atoms with Gasteiger partial charge in [-0.3, -0.25) is 4.57 Å². The fourth-order valence-electron chi connectivity index (χ4n) is 2.27. The predicted molar refractivity (Wildman–Crippen MR) is 83.1 cm³/mol. The van der Waals surface area contributed by atoms with Crippen molar-refractivity contribution in [1.29, 1.82) is 0 Å². The van der Waals surface area contributed by atoms with Gasteiger partial charge in [0, 0.05) is 24.1 Å². The molecule has 0 aliphatic heterocycles. The van der Waals surface area contributed by atoms with Gasteiger partial charge in [0.1, 0.15) is 17.5 Å². The Morgan fingerprint density at radius 1 is 1.14 bits per heavy atom. The van der Waals surface area contributed by atoms with Crippen LogP contribution in [0.15, 0.2) is 40.9 Å². The average Bonchev–Trinajstić information content (AvgIpc) is 2.79. The molecule has 0 amide bonds. The first-order valence-corrected chi connectivity index (χ1v) is 7.61. The summed E-state index contributed by atoms with van der Waals surface area (Å²) < 4.78 is 29.0. The van der Waals surface area contributed by atoms with E-state index in [0.717, 1.165) is 11.2 Å². The van der Waals surface area contributed by atoms with Crippen LogP contribution in [0.3, 0.4) is 0 Å². The lowest BCUT2D eigenvalue weighted by molar-refractivity contribution is 0.620. The second-order valence-electron chi connectivity index (χ2n) is 4.53. The molecule has 108 valence electrons. The summed E-state index contributed by atoms with van der Waals surface area (Å²) in [5.41, 5.74) is 2.06. The second-order valence-corrected chi connectivity index (χ2v) is 5.77. The summed E-state index contributed by atoms with van der Waals surface area (Å²) in [6, 6.07) is 9.11. The van der Waals surface area contributed by atoms with Gasteiger partial charge in [-0.1, -0.05) is 0 Å². The number of alkyl halides is 1. The summed E-state index contributed by atoms with van der Waals surface area (Å²) in [5.74, 6) is 0.427. The van der Waals surface area contributed by atoms with Gasteiger partial charge < -0.3 is 0 Å². The Hall–Kier alpha value is -1.46. The molecule has 1 heterocycles. The highest BCUT2D eigenvalue weighted by atomic mass is 79.9. The molecule has 2 nitrogen and oxygen atoms in total. The van der Waals surface area contributed by atoms with Gasteiger partial charge in [0.15, 0.2) is 0 Å². The monoisotopic (exact) mass is 370 g/mol. The van der Waals surface area contributed by atoms with Gasteiger partial charge in [0.25, 0.3) is 0 Å². The molecule has 0 bridgehead atoms. The van der Waals surface area contributed by atoms with Crippen molar-refractivity contribution in [2.45, 2.75) is 6.42 Å². The van der Waals surface area contributed by atoms with Crippen LogP contribution in [0.5, 0.6) is 0 Å². The number of rotatable bonds is 3. The Labute approximate surface area is 133 Å². The first kappa shape index (κ1) is 14.5. The molecule has 1 aromatic heterocycles. The summed E-state index contributed by atoms with van der Waals surface area (Å²) in [6.07, 6.45) is 0.535. The van der Waals surface area contributed by atoms with Crippen molar-refractivity contribution in [2.24, 2.45) is 0 Å². The molecule has 0 radical (unpaired) electrons. The van der Waals surface area contributed by atoms with Crippen molar-refractivity contribution in [3.63, 3.8) is 0 Å². The number of imidazole rings is 1. The fourth-order valence-corrected chi connectivity index (χ4v) is 2.80. The topological polar surface area (TPSA) is 17.8 Å². The van der Waals surface area contributed by atoms with Crippen molar-refractivity contribution < 1.29 is 8.78 Å². The highest BCUT2D eigenvalue weighted by molar-refractivity contribution is 9.10. The predicted octanol–water partition coefficient (Wildman–Crippen LogP) is 4.85. The van der Waals surface area contributed by atoms with E-state index in [-0.39, 0.29) is 11.6 Å². The van der Waals surface area contributed by atoms with Crippen molar-refractivity contribution in [3.8, 4) is 5.69 Å². The Morgan fingerprint density at radius 3 is 2.67 bits per heavy atom. The minimum Gasteiger partial charge on any atom is -0.296 e. The van der Waals surface area contributed by atoms with Crippen LogP contribution in [0.1, 0.15) is 5.82 Å². The maximum Gasteiger partial charge on any atom is 0.137 e. The van der Waals surface area contributed by atoms with E-state index in [1.54, 1.807) is 18.2 Å². The van der Waals surface area contributed by atoms with Crippen LogP contribution in [0, 0.1) is 11.6 Å². The van der Waals surface area contributed by atoms with Crippen LogP contribution in [0.2, 0.25) is 0 Å². The molecular weight excluding hydrogens is 362 g/mol. The normalized spacial score (nSPS) is 11.2. The van der Waals surface area contributed by atoms with E-state index in [2.05, 4.69) is 20.9 Å². The molecule has 0 saturated carbocycles. The third-order valence-electron chi connectivity index (χ3n) is 3.17. The number of nitrogens with zero attached hydrogens (tertiary/aromatic N) is 2. The molecule has 6 heteroatoms. The van der Waals surface area contributed by atoms with E-state index in [9.17, 15) is 8.78 Å². The number of aromatic nitrogens is 2. The molecular formula is C15H10BrClF2N2. The van der Waals surface area contributed by atoms with Gasteiger partial charge in [0.05, 0.1) is 15.5 Å². The summed E-state index contributed by atoms with van der Waals surface area (Å²) in [5, 5.41) is 0. The molecule has 0 N–H and O–H groups in total. The zero-order valence-corrected chi connectivity index (χ0v) is 13.1. The van der Waals surface area contributed by atoms with Crippen molar-refractivity contribution in [1.82, 2.24) is 9.55 Å². The van der Waals surface area contributed by atoms with E-state index < -0.39 is 0 Å². The number of aryl methyl sites for hydroxylation is 1. The minimum atomic E-state index is -0.343. The minimum absolute atomic E-state index is 0.340. The Balaban J connectivity index is 2.27. The summed E-state index contributed by atoms with van der Waals surface area (Å²) in [4.78, 5) is 4.42. The maximum atomic E-state index is 13.4. The van der Waals surface area contributed by atoms with E-state index in [0.29, 0.717) is 28.1 Å². The Kier molecular flexibility index (Phi) is 3.95. The number of fused-ring (bicyclic) bond motifs is 1. The van der Waals surface area contributed by atoms with Crippen molar-refractivity contribution >= 4 is 38.6 Å². The maximum absolute atomic E-state index is 13.4. The second kappa shape index (κ2) is 5.73. The van der Waals surface area contributed by atoms with Crippen LogP contribution in [0.4, 0.5) is 8.78 Å². The summed E-state index contributed by atoms with van der Waals surface area (Å²) in [7, 11) is 0. The zero-order valence-electron chi connectivity index (χ0n) is 10.8. The standard InChI is InChI=1S/C15H10BrClF2N2/c16-11-8-10(2-3-12(11)19)21-14-4-1-9(18)7-13(14)20-15(21)5-6-17/h1-4,7-8H,5-6H2. The first-order chi connectivity index (χ1) is 10.1. The van der Waals surface area contributed by atoms with E-state index in [1.807, 2.05) is 4.57 Å². The summed E-state index contributed by atoms with van der Waals surface area (Å²) in [6.45, 7) is 0. The van der Waals surface area contributed by atoms with Crippen LogP contribution < -0.4 is 0 Å². The Morgan fingerprint density at radius 2 is 1.95 bits per heavy atom. The number of benzene rings is 2. The SMILES string of the molecule is Fc1ccc2c(c1)nc(CCCl)n2-c1ccc(F)c(Br)c1. The van der Waals surface area contributed by atoms with Crippen LogP contribution in [-0.2, 0) is 6.42 Å². The molecule has 0 aliphatic carbocycles. The molecule has 3 rings (SSSR count). The van der Waals surface area contributed by atoms with Gasteiger partial charge in [-0.25, -0.2) is 13.8 Å². The highest BCUT2D eigenvalue weighted by Gasteiger charge is 2.13. The van der Waals surface area contributed by atoms with Gasteiger partial charge >= 0.3 is 0 Å². The van der Waals surface area contributed by atoms with Gasteiger partial charge in [-0.2, -0.15) is 0 Å². The quantitative estimate of drug-likeness (QED) is 0.602. The third-order valence-corrected chi connectivity index (χ3v) is 3.96. The molecule has 0 spiro atoms. The van der Waals surface area contributed by atoms with Gasteiger partial charge in [-0.05, 0) is 46.3 Å². The first-order valence-electron chi connectivity index (χ1n) is 6.28. The molecule has 0 atom stereocenters. The van der Waals surface area contributed by atoms with E-state index in [1.165, 1.54) is 18.2 Å². The molecule has 0 fully saturated rings. The van der Waals surface area contributed by atoms with Crippen LogP contribution in [0.25, 0.3) is 16.7 Å². The van der Waals surface area contributed by atoms with Crippen molar-refractivity contribution in [3.05, 3.63) is 58.3 Å². The van der Waals surface area contributed by atoms with Crippen LogP contribution in [-0.4, -0.2) is 15.4 Å². The lowest BCUT2D eigenvalue weighted by atomic mass is 10.2. The lowest BCUT2D eigenvalue weighted by Gasteiger charge is -2.09. The largest absolute Gasteiger partial charge is 0.296 e. The fraction of sp³-hybridized carbons (Fsp3) is 0.133.